The van der Waals surface area contributed by atoms with E-state index in [2.05, 4.69) is 16.0 Å². The van der Waals surface area contributed by atoms with Gasteiger partial charge in [-0.1, -0.05) is 41.0 Å². The molecule has 1 aliphatic heterocycles. The molecule has 1 aliphatic carbocycles. The molecule has 4 atom stereocenters. The van der Waals surface area contributed by atoms with Crippen molar-refractivity contribution < 1.29 is 23.9 Å². The summed E-state index contributed by atoms with van der Waals surface area (Å²) in [4.78, 5) is 49.7. The lowest BCUT2D eigenvalue weighted by Crippen LogP contribution is -2.55. The maximum atomic E-state index is 12.9. The van der Waals surface area contributed by atoms with Gasteiger partial charge in [-0.15, -0.1) is 0 Å². The Labute approximate surface area is 172 Å². The topological polar surface area (TPSA) is 114 Å². The van der Waals surface area contributed by atoms with Crippen molar-refractivity contribution in [2.24, 2.45) is 23.2 Å². The lowest BCUT2D eigenvalue weighted by molar-refractivity contribution is -0.140. The molecule has 3 N–H and O–H groups in total. The maximum Gasteiger partial charge on any atom is 0.407 e. The predicted molar refractivity (Wildman–Crippen MR) is 108 cm³/mol. The van der Waals surface area contributed by atoms with Crippen LogP contribution in [0, 0.1) is 23.2 Å². The highest BCUT2D eigenvalue weighted by Crippen LogP contribution is 2.34. The van der Waals surface area contributed by atoms with Gasteiger partial charge in [0, 0.05) is 6.54 Å². The Morgan fingerprint density at radius 1 is 1.14 bits per heavy atom. The summed E-state index contributed by atoms with van der Waals surface area (Å²) in [5.41, 5.74) is -0.191. The summed E-state index contributed by atoms with van der Waals surface area (Å²) in [5, 5.41) is 8.00. The van der Waals surface area contributed by atoms with Gasteiger partial charge in [-0.25, -0.2) is 4.79 Å². The number of ether oxygens (including phenoxy) is 1. The molecule has 2 bridgehead atoms. The van der Waals surface area contributed by atoms with E-state index in [0.717, 1.165) is 19.3 Å². The van der Waals surface area contributed by atoms with Gasteiger partial charge in [-0.05, 0) is 42.4 Å². The summed E-state index contributed by atoms with van der Waals surface area (Å²) in [6.07, 6.45) is 2.74. The maximum absolute atomic E-state index is 12.9. The van der Waals surface area contributed by atoms with Crippen LogP contribution in [0.3, 0.4) is 0 Å². The highest BCUT2D eigenvalue weighted by atomic mass is 16.5. The second kappa shape index (κ2) is 9.59. The van der Waals surface area contributed by atoms with E-state index in [9.17, 15) is 19.2 Å². The monoisotopic (exact) mass is 409 g/mol. The summed E-state index contributed by atoms with van der Waals surface area (Å²) in [6, 6.07) is -1.74. The van der Waals surface area contributed by atoms with Crippen LogP contribution < -0.4 is 16.0 Å². The summed E-state index contributed by atoms with van der Waals surface area (Å²) in [5.74, 6) is -1.26. The minimum atomic E-state index is -0.877. The zero-order chi connectivity index (χ0) is 21.8. The highest BCUT2D eigenvalue weighted by molar-refractivity contribution is 6.38. The van der Waals surface area contributed by atoms with E-state index >= 15 is 0 Å². The van der Waals surface area contributed by atoms with Crippen molar-refractivity contribution in [2.75, 3.05) is 13.2 Å². The van der Waals surface area contributed by atoms with E-state index < -0.39 is 35.8 Å². The van der Waals surface area contributed by atoms with E-state index in [4.69, 9.17) is 4.74 Å². The molecule has 2 rings (SSSR count). The number of carbonyl (C=O) groups is 4. The summed E-state index contributed by atoms with van der Waals surface area (Å²) < 4.78 is 5.20. The molecule has 2 aliphatic rings. The molecular formula is C21H35N3O5. The molecule has 164 valence electrons. The molecule has 3 amide bonds. The van der Waals surface area contributed by atoms with Crippen molar-refractivity contribution in [3.05, 3.63) is 0 Å². The zero-order valence-electron chi connectivity index (χ0n) is 18.2. The number of hydrogen-bond acceptors (Lipinski definition) is 5. The smallest absolute Gasteiger partial charge is 0.407 e. The Bertz CT molecular complexity index is 641. The van der Waals surface area contributed by atoms with Crippen molar-refractivity contribution in [1.29, 1.82) is 0 Å². The van der Waals surface area contributed by atoms with Crippen LogP contribution in [0.25, 0.3) is 0 Å². The van der Waals surface area contributed by atoms with E-state index in [1.54, 1.807) is 13.8 Å². The molecule has 0 spiro atoms. The van der Waals surface area contributed by atoms with Crippen LogP contribution in [0.5, 0.6) is 0 Å². The van der Waals surface area contributed by atoms with Crippen LogP contribution in [0.4, 0.5) is 4.79 Å². The summed E-state index contributed by atoms with van der Waals surface area (Å²) in [6.45, 7) is 10.1. The highest BCUT2D eigenvalue weighted by Gasteiger charge is 2.37. The number of nitrogens with one attached hydrogen (secondary N) is 3. The molecule has 1 saturated heterocycles. The van der Waals surface area contributed by atoms with Crippen molar-refractivity contribution in [2.45, 2.75) is 72.4 Å². The van der Waals surface area contributed by atoms with Crippen LogP contribution in [-0.2, 0) is 19.1 Å². The molecule has 1 heterocycles. The van der Waals surface area contributed by atoms with Crippen molar-refractivity contribution in [3.63, 3.8) is 0 Å². The normalized spacial score (nSPS) is 26.1. The summed E-state index contributed by atoms with van der Waals surface area (Å²) in [7, 11) is 0. The van der Waals surface area contributed by atoms with Gasteiger partial charge in [0.15, 0.2) is 0 Å². The van der Waals surface area contributed by atoms with Crippen LogP contribution in [0.15, 0.2) is 0 Å². The second-order valence-electron chi connectivity index (χ2n) is 9.92. The van der Waals surface area contributed by atoms with Crippen LogP contribution >= 0.6 is 0 Å². The quantitative estimate of drug-likeness (QED) is 0.599. The Balaban J connectivity index is 2.03. The van der Waals surface area contributed by atoms with Gasteiger partial charge in [0.1, 0.15) is 6.04 Å². The average Bonchev–Trinajstić information content (AvgIpc) is 3.08. The van der Waals surface area contributed by atoms with Crippen LogP contribution in [-0.4, -0.2) is 48.9 Å². The first-order chi connectivity index (χ1) is 13.5. The molecule has 29 heavy (non-hydrogen) atoms. The zero-order valence-corrected chi connectivity index (χ0v) is 18.2. The van der Waals surface area contributed by atoms with Gasteiger partial charge >= 0.3 is 6.09 Å². The lowest BCUT2D eigenvalue weighted by atomic mass is 9.94. The van der Waals surface area contributed by atoms with Crippen molar-refractivity contribution >= 4 is 23.7 Å². The molecule has 0 aromatic carbocycles. The van der Waals surface area contributed by atoms with E-state index in [-0.39, 0.29) is 17.9 Å². The number of hydrogen-bond donors (Lipinski definition) is 3. The minimum Gasteiger partial charge on any atom is -0.449 e. The third-order valence-electron chi connectivity index (χ3n) is 5.49. The molecule has 0 aromatic heterocycles. The van der Waals surface area contributed by atoms with E-state index in [0.29, 0.717) is 24.8 Å². The fourth-order valence-electron chi connectivity index (χ4n) is 3.87. The van der Waals surface area contributed by atoms with Gasteiger partial charge in [0.2, 0.25) is 11.7 Å². The molecule has 2 fully saturated rings. The number of rotatable bonds is 5. The van der Waals surface area contributed by atoms with Crippen molar-refractivity contribution in [1.82, 2.24) is 16.0 Å². The standard InChI is InChI=1S/C21H35N3O5/c1-12(2)16(24-20(28)29-11-21(3,4)5)18(26)23-15-9-13-6-7-14(8-13)10-22-19(27)17(15)25/h12-16H,6-11H2,1-5H3,(H,22,27)(H,23,26)(H,24,28). The van der Waals surface area contributed by atoms with E-state index in [1.807, 2.05) is 20.8 Å². The third kappa shape index (κ3) is 7.01. The Hall–Kier alpha value is -2.12. The first-order valence-corrected chi connectivity index (χ1v) is 10.5. The molecule has 0 radical (unpaired) electrons. The van der Waals surface area contributed by atoms with Crippen LogP contribution in [0.1, 0.15) is 60.3 Å². The average molecular weight is 410 g/mol. The fraction of sp³-hybridized carbons (Fsp3) is 0.810. The molecule has 8 nitrogen and oxygen atoms in total. The van der Waals surface area contributed by atoms with Gasteiger partial charge in [0.05, 0.1) is 12.6 Å². The molecule has 8 heteroatoms. The third-order valence-corrected chi connectivity index (χ3v) is 5.49. The number of Topliss-reactive ketones (excluding diaryl/α,β-unsaturated/α-hetero) is 1. The molecule has 4 unspecified atom stereocenters. The fourth-order valence-corrected chi connectivity index (χ4v) is 3.87. The Morgan fingerprint density at radius 3 is 2.41 bits per heavy atom. The largest absolute Gasteiger partial charge is 0.449 e. The minimum absolute atomic E-state index is 0.191. The molecule has 0 aromatic rings. The first kappa shape index (κ1) is 23.2. The summed E-state index contributed by atoms with van der Waals surface area (Å²) >= 11 is 0. The number of alkyl carbamates (subject to hydrolysis) is 1. The first-order valence-electron chi connectivity index (χ1n) is 10.5. The Kier molecular flexibility index (Phi) is 7.66. The number of ketones is 1. The van der Waals surface area contributed by atoms with E-state index in [1.165, 1.54) is 0 Å². The van der Waals surface area contributed by atoms with Gasteiger partial charge in [-0.2, -0.15) is 0 Å². The van der Waals surface area contributed by atoms with Gasteiger partial charge in [-0.3, -0.25) is 14.4 Å². The lowest BCUT2D eigenvalue weighted by Gasteiger charge is -2.26. The number of fused-ring (bicyclic) bond motifs is 2. The predicted octanol–water partition coefficient (Wildman–Crippen LogP) is 1.77. The second-order valence-corrected chi connectivity index (χ2v) is 9.92. The SMILES string of the molecule is CC(C)C(NC(=O)OCC(C)(C)C)C(=O)NC1CC2CCC(CNC(=O)C1=O)C2. The number of carbonyl (C=O) groups excluding carboxylic acids is 4. The molecule has 1 saturated carbocycles. The molecular weight excluding hydrogens is 374 g/mol. The van der Waals surface area contributed by atoms with Crippen LogP contribution in [0.2, 0.25) is 0 Å². The van der Waals surface area contributed by atoms with Gasteiger partial charge in [0.25, 0.3) is 5.91 Å². The number of amides is 3. The Morgan fingerprint density at radius 2 is 1.79 bits per heavy atom. The van der Waals surface area contributed by atoms with Crippen molar-refractivity contribution in [3.8, 4) is 0 Å². The van der Waals surface area contributed by atoms with Gasteiger partial charge < -0.3 is 20.7 Å².